The van der Waals surface area contributed by atoms with Crippen LogP contribution in [-0.4, -0.2) is 43.7 Å². The molecule has 1 aliphatic heterocycles. The van der Waals surface area contributed by atoms with Crippen molar-refractivity contribution in [3.63, 3.8) is 0 Å². The number of nitrogens with zero attached hydrogens (tertiary/aromatic N) is 1. The van der Waals surface area contributed by atoms with E-state index in [1.54, 1.807) is 7.11 Å². The van der Waals surface area contributed by atoms with Crippen LogP contribution in [0.5, 0.6) is 0 Å². The summed E-state index contributed by atoms with van der Waals surface area (Å²) in [6.07, 6.45) is 3.66. The minimum atomic E-state index is -0.345. The van der Waals surface area contributed by atoms with Crippen molar-refractivity contribution in [2.24, 2.45) is 5.73 Å². The monoisotopic (exact) mass is 212 g/mol. The second-order valence-electron chi connectivity index (χ2n) is 3.84. The molecule has 15 heavy (non-hydrogen) atoms. The number of carbonyl (C=O) groups is 1. The number of rotatable bonds is 4. The molecule has 1 atom stereocenters. The van der Waals surface area contributed by atoms with Crippen LogP contribution >= 0.6 is 0 Å². The van der Waals surface area contributed by atoms with Crippen molar-refractivity contribution in [1.82, 2.24) is 4.90 Å². The van der Waals surface area contributed by atoms with Gasteiger partial charge in [-0.05, 0) is 18.4 Å². The zero-order chi connectivity index (χ0) is 11.3. The Labute approximate surface area is 91.1 Å². The number of amides is 1. The minimum Gasteiger partial charge on any atom is -0.380 e. The average Bonchev–Trinajstić information content (AvgIpc) is 2.28. The van der Waals surface area contributed by atoms with E-state index in [1.807, 2.05) is 11.8 Å². The van der Waals surface area contributed by atoms with Crippen molar-refractivity contribution in [3.05, 3.63) is 11.6 Å². The van der Waals surface area contributed by atoms with Crippen molar-refractivity contribution < 1.29 is 9.53 Å². The Balaban J connectivity index is 2.46. The molecule has 0 fully saturated rings. The van der Waals surface area contributed by atoms with Crippen LogP contribution in [0.4, 0.5) is 0 Å². The van der Waals surface area contributed by atoms with E-state index in [2.05, 4.69) is 6.08 Å². The summed E-state index contributed by atoms with van der Waals surface area (Å²) in [6.45, 7) is 4.04. The molecule has 1 rings (SSSR count). The van der Waals surface area contributed by atoms with E-state index < -0.39 is 0 Å². The van der Waals surface area contributed by atoms with Crippen molar-refractivity contribution in [2.45, 2.75) is 25.8 Å². The van der Waals surface area contributed by atoms with Gasteiger partial charge in [-0.3, -0.25) is 4.79 Å². The molecular weight excluding hydrogens is 192 g/mol. The van der Waals surface area contributed by atoms with Crippen molar-refractivity contribution in [1.29, 1.82) is 0 Å². The molecular formula is C11H20N2O2. The third-order valence-electron chi connectivity index (χ3n) is 2.70. The van der Waals surface area contributed by atoms with Crippen LogP contribution in [0.1, 0.15) is 19.8 Å². The number of hydrogen-bond donors (Lipinski definition) is 1. The lowest BCUT2D eigenvalue weighted by Crippen LogP contribution is -2.45. The highest BCUT2D eigenvalue weighted by molar-refractivity contribution is 5.81. The normalized spacial score (nSPS) is 18.6. The third-order valence-corrected chi connectivity index (χ3v) is 2.70. The number of carbonyl (C=O) groups excluding carboxylic acids is 1. The lowest BCUT2D eigenvalue weighted by molar-refractivity contribution is -0.132. The van der Waals surface area contributed by atoms with Gasteiger partial charge in [-0.25, -0.2) is 0 Å². The maximum atomic E-state index is 11.7. The molecule has 1 heterocycles. The molecule has 0 aliphatic carbocycles. The average molecular weight is 212 g/mol. The molecule has 0 spiro atoms. The van der Waals surface area contributed by atoms with Gasteiger partial charge in [0, 0.05) is 20.2 Å². The van der Waals surface area contributed by atoms with E-state index in [-0.39, 0.29) is 11.9 Å². The first kappa shape index (κ1) is 12.2. The molecule has 0 aromatic heterocycles. The Morgan fingerprint density at radius 1 is 1.73 bits per heavy atom. The first-order valence-corrected chi connectivity index (χ1v) is 5.40. The van der Waals surface area contributed by atoms with Crippen molar-refractivity contribution >= 4 is 5.91 Å². The number of nitrogens with two attached hydrogens (primary N) is 1. The second-order valence-corrected chi connectivity index (χ2v) is 3.84. The summed E-state index contributed by atoms with van der Waals surface area (Å²) in [5, 5.41) is 0. The molecule has 1 amide bonds. The van der Waals surface area contributed by atoms with Crippen LogP contribution < -0.4 is 5.73 Å². The van der Waals surface area contributed by atoms with Gasteiger partial charge >= 0.3 is 0 Å². The molecule has 4 nitrogen and oxygen atoms in total. The van der Waals surface area contributed by atoms with E-state index >= 15 is 0 Å². The van der Waals surface area contributed by atoms with Crippen LogP contribution in [0.2, 0.25) is 0 Å². The highest BCUT2D eigenvalue weighted by Crippen LogP contribution is 2.12. The number of ether oxygens (including phenoxy) is 1. The smallest absolute Gasteiger partial charge is 0.239 e. The standard InChI is InChI=1S/C11H20N2O2/c1-3-10(12)11(14)13-6-4-9(5-7-13)8-15-2/h4,10H,3,5-8,12H2,1-2H3/t10-/m0/s1. The van der Waals surface area contributed by atoms with Crippen LogP contribution in [0, 0.1) is 0 Å². The second kappa shape index (κ2) is 5.88. The molecule has 0 aromatic carbocycles. The molecule has 86 valence electrons. The highest BCUT2D eigenvalue weighted by atomic mass is 16.5. The molecule has 1 aliphatic rings. The molecule has 2 N–H and O–H groups in total. The lowest BCUT2D eigenvalue weighted by atomic mass is 10.1. The Bertz CT molecular complexity index is 251. The summed E-state index contributed by atoms with van der Waals surface area (Å²) >= 11 is 0. The van der Waals surface area contributed by atoms with E-state index in [1.165, 1.54) is 5.57 Å². The summed E-state index contributed by atoms with van der Waals surface area (Å²) in [4.78, 5) is 13.5. The number of methoxy groups -OCH3 is 1. The van der Waals surface area contributed by atoms with Gasteiger partial charge < -0.3 is 15.4 Å². The maximum absolute atomic E-state index is 11.7. The fourth-order valence-electron chi connectivity index (χ4n) is 1.64. The fraction of sp³-hybridized carbons (Fsp3) is 0.727. The van der Waals surface area contributed by atoms with Gasteiger partial charge in [0.05, 0.1) is 12.6 Å². The van der Waals surface area contributed by atoms with Gasteiger partial charge in [0.1, 0.15) is 0 Å². The summed E-state index contributed by atoms with van der Waals surface area (Å²) in [5.41, 5.74) is 6.97. The molecule has 0 radical (unpaired) electrons. The zero-order valence-electron chi connectivity index (χ0n) is 9.53. The van der Waals surface area contributed by atoms with Gasteiger partial charge in [-0.15, -0.1) is 0 Å². The summed E-state index contributed by atoms with van der Waals surface area (Å²) in [6, 6.07) is -0.345. The first-order chi connectivity index (χ1) is 7.19. The SMILES string of the molecule is CC[C@H](N)C(=O)N1CC=C(COC)CC1. The van der Waals surface area contributed by atoms with Crippen LogP contribution in [0.25, 0.3) is 0 Å². The van der Waals surface area contributed by atoms with Crippen LogP contribution in [0.15, 0.2) is 11.6 Å². The van der Waals surface area contributed by atoms with E-state index in [0.717, 1.165) is 13.0 Å². The van der Waals surface area contributed by atoms with Gasteiger partial charge in [0.25, 0.3) is 0 Å². The molecule has 0 saturated heterocycles. The zero-order valence-corrected chi connectivity index (χ0v) is 9.53. The quantitative estimate of drug-likeness (QED) is 0.692. The fourth-order valence-corrected chi connectivity index (χ4v) is 1.64. The molecule has 0 unspecified atom stereocenters. The minimum absolute atomic E-state index is 0.0604. The maximum Gasteiger partial charge on any atom is 0.239 e. The van der Waals surface area contributed by atoms with Gasteiger partial charge in [0.2, 0.25) is 5.91 Å². The summed E-state index contributed by atoms with van der Waals surface area (Å²) < 4.78 is 5.05. The molecule has 0 bridgehead atoms. The van der Waals surface area contributed by atoms with Crippen LogP contribution in [0.3, 0.4) is 0 Å². The predicted molar refractivity (Wildman–Crippen MR) is 59.4 cm³/mol. The molecule has 4 heteroatoms. The van der Waals surface area contributed by atoms with Gasteiger partial charge in [0.15, 0.2) is 0 Å². The Morgan fingerprint density at radius 3 is 2.93 bits per heavy atom. The van der Waals surface area contributed by atoms with Gasteiger partial charge in [-0.1, -0.05) is 13.0 Å². The highest BCUT2D eigenvalue weighted by Gasteiger charge is 2.21. The third kappa shape index (κ3) is 3.32. The van der Waals surface area contributed by atoms with Crippen molar-refractivity contribution in [3.8, 4) is 0 Å². The molecule has 0 aromatic rings. The number of hydrogen-bond acceptors (Lipinski definition) is 3. The lowest BCUT2D eigenvalue weighted by Gasteiger charge is -2.28. The van der Waals surface area contributed by atoms with E-state index in [0.29, 0.717) is 19.6 Å². The first-order valence-electron chi connectivity index (χ1n) is 5.40. The van der Waals surface area contributed by atoms with Crippen LogP contribution in [-0.2, 0) is 9.53 Å². The summed E-state index contributed by atoms with van der Waals surface area (Å²) in [5.74, 6) is 0.0604. The topological polar surface area (TPSA) is 55.6 Å². The van der Waals surface area contributed by atoms with E-state index in [4.69, 9.17) is 10.5 Å². The Hall–Kier alpha value is -0.870. The van der Waals surface area contributed by atoms with Gasteiger partial charge in [-0.2, -0.15) is 0 Å². The van der Waals surface area contributed by atoms with E-state index in [9.17, 15) is 4.79 Å². The predicted octanol–water partition coefficient (Wildman–Crippen LogP) is 0.529. The Kier molecular flexibility index (Phi) is 4.78. The largest absolute Gasteiger partial charge is 0.380 e. The Morgan fingerprint density at radius 2 is 2.47 bits per heavy atom. The summed E-state index contributed by atoms with van der Waals surface area (Å²) in [7, 11) is 1.69. The van der Waals surface area contributed by atoms with Crippen molar-refractivity contribution in [2.75, 3.05) is 26.8 Å². The molecule has 0 saturated carbocycles.